The maximum Gasteiger partial charge on any atom is 0.340 e. The fraction of sp³-hybridized carbons (Fsp3) is 0.806. The lowest BCUT2D eigenvalue weighted by Gasteiger charge is -2.11. The van der Waals surface area contributed by atoms with Crippen LogP contribution in [0.15, 0.2) is 0 Å². The molecule has 0 bridgehead atoms. The Morgan fingerprint density at radius 3 is 1.25 bits per heavy atom. The highest BCUT2D eigenvalue weighted by Gasteiger charge is 2.58. The molecule has 11 saturated heterocycles. The van der Waals surface area contributed by atoms with E-state index in [1.165, 1.54) is 0 Å². The van der Waals surface area contributed by atoms with Crippen molar-refractivity contribution in [3.8, 4) is 0 Å². The molecule has 35 heteroatoms. The first-order chi connectivity index (χ1) is 33.1. The smallest absolute Gasteiger partial charge is 0.340 e. The van der Waals surface area contributed by atoms with Crippen molar-refractivity contribution in [3.05, 3.63) is 0 Å². The zero-order valence-corrected chi connectivity index (χ0v) is 35.7. The molecule has 0 aromatic rings. The minimum Gasteiger partial charge on any atom is -0.463 e. The third-order valence-corrected chi connectivity index (χ3v) is 11.2. The standard InChI is InChI=1S/2C6H8O6.2C6H8O5.C4H6O5.2C4H6O4/c7-1-3-4(12-5(1)9)2(8)6(10)11-3;7-2-1-3(11-5(2)9)6(10)12-4(1)8;7-4-3-2(11-6(4)9)1-10-5(3)8;7-3-1-2-5(11-3)4(8)6(9)10-2;5-1-2(6)4(8)9-3(1)7;5-2-1-8-4(7)3(2)6;5-2-1-3(6)8-4(2)7/h1-5,7-9H;1-3,5-7,9-10H;2-4,6-7,9H,1H2;2,4-6,8-9H,1H2;1-3,5-7H;2-3,5-6H,1H2;2,4-5,7H,1H2. The Hall–Kier alpha value is -4.55. The first-order valence-corrected chi connectivity index (χ1v) is 20.7. The summed E-state index contributed by atoms with van der Waals surface area (Å²) in [7, 11) is 0. The average Bonchev–Trinajstić information content (AvgIpc) is 4.25. The highest BCUT2D eigenvalue weighted by Crippen LogP contribution is 2.35. The Balaban J connectivity index is 0.000000155. The van der Waals surface area contributed by atoms with E-state index in [0.29, 0.717) is 0 Å². The zero-order valence-electron chi connectivity index (χ0n) is 35.7. The number of aliphatic hydroxyl groups is 17. The minimum atomic E-state index is -1.60. The van der Waals surface area contributed by atoms with Crippen molar-refractivity contribution in [2.45, 2.75) is 155 Å². The van der Waals surface area contributed by atoms with Crippen molar-refractivity contribution >= 4 is 41.8 Å². The van der Waals surface area contributed by atoms with Gasteiger partial charge in [-0.2, -0.15) is 0 Å². The van der Waals surface area contributed by atoms with Crippen molar-refractivity contribution in [2.24, 2.45) is 11.8 Å². The summed E-state index contributed by atoms with van der Waals surface area (Å²) in [6.45, 7) is 0.0532. The van der Waals surface area contributed by atoms with Crippen molar-refractivity contribution < 1.29 is 172 Å². The van der Waals surface area contributed by atoms with Crippen LogP contribution in [0.25, 0.3) is 0 Å². The molecule has 0 radical (unpaired) electrons. The molecule has 11 aliphatic heterocycles. The van der Waals surface area contributed by atoms with Gasteiger partial charge in [0, 0.05) is 0 Å². The van der Waals surface area contributed by atoms with Gasteiger partial charge in [-0.1, -0.05) is 0 Å². The number of carbonyl (C=O) groups is 7. The maximum absolute atomic E-state index is 10.9. The molecule has 11 rings (SSSR count). The normalized spacial score (nSPS) is 46.8. The van der Waals surface area contributed by atoms with Gasteiger partial charge in [-0.15, -0.1) is 0 Å². The lowest BCUT2D eigenvalue weighted by atomic mass is 10.0. The Morgan fingerprint density at radius 1 is 0.310 bits per heavy atom. The van der Waals surface area contributed by atoms with E-state index in [0.717, 1.165) is 0 Å². The summed E-state index contributed by atoms with van der Waals surface area (Å²) >= 11 is 0. The predicted molar refractivity (Wildman–Crippen MR) is 198 cm³/mol. The predicted octanol–water partition coefficient (Wildman–Crippen LogP) is -14.0. The minimum absolute atomic E-state index is 0.0833. The van der Waals surface area contributed by atoms with E-state index in [9.17, 15) is 33.6 Å². The molecular weight excluding hydrogens is 992 g/mol. The van der Waals surface area contributed by atoms with Crippen LogP contribution in [0.1, 0.15) is 12.8 Å². The van der Waals surface area contributed by atoms with E-state index < -0.39 is 189 Å². The van der Waals surface area contributed by atoms with Gasteiger partial charge in [0.05, 0.1) is 12.8 Å². The van der Waals surface area contributed by atoms with Gasteiger partial charge in [-0.3, -0.25) is 19.2 Å². The van der Waals surface area contributed by atoms with E-state index in [1.54, 1.807) is 0 Å². The summed E-state index contributed by atoms with van der Waals surface area (Å²) < 4.78 is 49.6. The lowest BCUT2D eigenvalue weighted by molar-refractivity contribution is -0.195. The second kappa shape index (κ2) is 24.0. The number of hydrogen-bond donors (Lipinski definition) is 17. The molecular formula is C36H50O35. The number of rotatable bonds is 0. The van der Waals surface area contributed by atoms with E-state index in [4.69, 9.17) is 101 Å². The molecule has 0 aromatic heterocycles. The summed E-state index contributed by atoms with van der Waals surface area (Å²) in [6, 6.07) is 0. The van der Waals surface area contributed by atoms with Crippen molar-refractivity contribution in [3.63, 3.8) is 0 Å². The highest BCUT2D eigenvalue weighted by molar-refractivity contribution is 5.79. The van der Waals surface area contributed by atoms with Crippen LogP contribution in [0.4, 0.5) is 0 Å². The van der Waals surface area contributed by atoms with Crippen LogP contribution in [-0.2, 0) is 85.7 Å². The van der Waals surface area contributed by atoms with Gasteiger partial charge in [0.15, 0.2) is 61.8 Å². The second-order valence-electron chi connectivity index (χ2n) is 16.1. The molecule has 0 amide bonds. The Bertz CT molecular complexity index is 1890. The van der Waals surface area contributed by atoms with Gasteiger partial charge in [0.2, 0.25) is 18.9 Å². The van der Waals surface area contributed by atoms with Gasteiger partial charge < -0.3 is 139 Å². The summed E-state index contributed by atoms with van der Waals surface area (Å²) in [4.78, 5) is 73.5. The van der Waals surface area contributed by atoms with E-state index in [1.807, 2.05) is 0 Å². The second-order valence-corrected chi connectivity index (χ2v) is 16.1. The summed E-state index contributed by atoms with van der Waals surface area (Å²) in [5.41, 5.74) is 0. The number of carbonyl (C=O) groups excluding carboxylic acids is 7. The van der Waals surface area contributed by atoms with Crippen LogP contribution in [0.2, 0.25) is 0 Å². The number of cyclic esters (lactones) is 5. The molecule has 0 aromatic carbocycles. The number of aliphatic hydroxyl groups excluding tert-OH is 17. The summed E-state index contributed by atoms with van der Waals surface area (Å²) in [5, 5.41) is 150. The van der Waals surface area contributed by atoms with Crippen molar-refractivity contribution in [1.82, 2.24) is 0 Å². The van der Waals surface area contributed by atoms with Crippen LogP contribution in [0.3, 0.4) is 0 Å². The number of ether oxygens (including phenoxy) is 11. The molecule has 71 heavy (non-hydrogen) atoms. The maximum atomic E-state index is 10.9. The molecule has 0 aliphatic carbocycles. The number of fused-ring (bicyclic) bond motifs is 4. The van der Waals surface area contributed by atoms with E-state index >= 15 is 0 Å². The summed E-state index contributed by atoms with van der Waals surface area (Å²) in [6.07, 6.45) is -26.6. The van der Waals surface area contributed by atoms with Crippen LogP contribution in [0.5, 0.6) is 0 Å². The molecule has 11 fully saturated rings. The van der Waals surface area contributed by atoms with Gasteiger partial charge >= 0.3 is 41.8 Å². The molecule has 25 atom stereocenters. The van der Waals surface area contributed by atoms with Crippen LogP contribution in [0, 0.1) is 11.8 Å². The zero-order chi connectivity index (χ0) is 53.1. The first kappa shape index (κ1) is 57.4. The van der Waals surface area contributed by atoms with Gasteiger partial charge in [-0.25, -0.2) is 14.4 Å². The molecule has 0 spiro atoms. The SMILES string of the molecule is O=C1CC(O)C(O)O1.O=C1CC2OC(O)C(O)C2O1.O=C1OC(O)C(O)C1O.O=C1OC(O)C2OC(O)C(O)C12.O=C1OC2C(O)C(O)OC2C1O.O=C1OCC(O)C1O.O=C1OCC2OC(O)C(O)C12. The van der Waals surface area contributed by atoms with Crippen LogP contribution in [-0.4, -0.2) is 284 Å². The lowest BCUT2D eigenvalue weighted by Crippen LogP contribution is -2.32. The molecule has 17 N–H and O–H groups in total. The summed E-state index contributed by atoms with van der Waals surface area (Å²) in [5.74, 6) is -6.37. The van der Waals surface area contributed by atoms with E-state index in [2.05, 4.69) is 37.9 Å². The van der Waals surface area contributed by atoms with Gasteiger partial charge in [0.25, 0.3) is 0 Å². The molecule has 11 heterocycles. The Labute approximate surface area is 393 Å². The average molecular weight is 1040 g/mol. The number of esters is 7. The topological polar surface area (TPSA) is 565 Å². The monoisotopic (exact) mass is 1040 g/mol. The van der Waals surface area contributed by atoms with Gasteiger partial charge in [0.1, 0.15) is 86.1 Å². The van der Waals surface area contributed by atoms with E-state index in [-0.39, 0.29) is 32.0 Å². The molecule has 11 aliphatic rings. The van der Waals surface area contributed by atoms with Crippen molar-refractivity contribution in [1.29, 1.82) is 0 Å². The molecule has 0 saturated carbocycles. The third kappa shape index (κ3) is 13.2. The fourth-order valence-corrected chi connectivity index (χ4v) is 7.30. The molecule has 404 valence electrons. The third-order valence-electron chi connectivity index (χ3n) is 11.2. The fourth-order valence-electron chi connectivity index (χ4n) is 7.30. The first-order valence-electron chi connectivity index (χ1n) is 20.7. The van der Waals surface area contributed by atoms with Crippen LogP contribution >= 0.6 is 0 Å². The Morgan fingerprint density at radius 2 is 0.817 bits per heavy atom. The highest BCUT2D eigenvalue weighted by atomic mass is 16.7. The molecule has 25 unspecified atom stereocenters. The quantitative estimate of drug-likeness (QED) is 0.0791. The number of hydrogen-bond acceptors (Lipinski definition) is 35. The molecule has 35 nitrogen and oxygen atoms in total. The van der Waals surface area contributed by atoms with Gasteiger partial charge in [-0.05, 0) is 0 Å². The Kier molecular flexibility index (Phi) is 19.4. The van der Waals surface area contributed by atoms with Crippen molar-refractivity contribution in [2.75, 3.05) is 13.2 Å². The largest absolute Gasteiger partial charge is 0.463 e. The van der Waals surface area contributed by atoms with Crippen LogP contribution < -0.4 is 0 Å².